The van der Waals surface area contributed by atoms with E-state index < -0.39 is 0 Å². The van der Waals surface area contributed by atoms with Crippen molar-refractivity contribution in [3.63, 3.8) is 0 Å². The summed E-state index contributed by atoms with van der Waals surface area (Å²) in [4.78, 5) is 10.7. The van der Waals surface area contributed by atoms with Crippen LogP contribution in [0.15, 0.2) is 53.0 Å². The smallest absolute Gasteiger partial charge is 0.150 e. The maximum Gasteiger partial charge on any atom is 0.150 e. The van der Waals surface area contributed by atoms with Crippen LogP contribution in [-0.2, 0) is 6.42 Å². The SMILES string of the molecule is O=Cc1ccc(C#CCCCCc2ccccc2)c(Br)c1. The summed E-state index contributed by atoms with van der Waals surface area (Å²) in [6, 6.07) is 16.0. The molecule has 0 amide bonds. The standard InChI is InChI=1S/C19H17BrO/c20-19-14-17(15-21)12-13-18(19)11-7-2-1-4-8-16-9-5-3-6-10-16/h3,5-6,9-10,12-15H,1-2,4,8H2. The fourth-order valence-electron chi connectivity index (χ4n) is 2.05. The van der Waals surface area contributed by atoms with Gasteiger partial charge in [-0.3, -0.25) is 4.79 Å². The quantitative estimate of drug-likeness (QED) is 0.424. The first-order valence-electron chi connectivity index (χ1n) is 7.07. The number of halogens is 1. The van der Waals surface area contributed by atoms with Crippen LogP contribution in [0.5, 0.6) is 0 Å². The lowest BCUT2D eigenvalue weighted by Gasteiger charge is -1.99. The third kappa shape index (κ3) is 5.21. The third-order valence-corrected chi connectivity index (χ3v) is 3.87. The molecule has 21 heavy (non-hydrogen) atoms. The molecule has 0 bridgehead atoms. The Labute approximate surface area is 134 Å². The summed E-state index contributed by atoms with van der Waals surface area (Å²) in [6.45, 7) is 0. The molecule has 0 radical (unpaired) electrons. The zero-order valence-corrected chi connectivity index (χ0v) is 13.4. The fourth-order valence-corrected chi connectivity index (χ4v) is 2.55. The van der Waals surface area contributed by atoms with Crippen LogP contribution in [-0.4, -0.2) is 6.29 Å². The highest BCUT2D eigenvalue weighted by Gasteiger charge is 1.97. The van der Waals surface area contributed by atoms with Crippen LogP contribution < -0.4 is 0 Å². The van der Waals surface area contributed by atoms with Gasteiger partial charge in [0.1, 0.15) is 6.29 Å². The van der Waals surface area contributed by atoms with E-state index in [1.165, 1.54) is 5.56 Å². The van der Waals surface area contributed by atoms with Crippen molar-refractivity contribution in [2.45, 2.75) is 25.7 Å². The minimum atomic E-state index is 0.662. The second-order valence-electron chi connectivity index (χ2n) is 4.85. The molecular weight excluding hydrogens is 324 g/mol. The molecule has 0 aromatic heterocycles. The highest BCUT2D eigenvalue weighted by atomic mass is 79.9. The van der Waals surface area contributed by atoms with Crippen LogP contribution in [0.3, 0.4) is 0 Å². The van der Waals surface area contributed by atoms with Gasteiger partial charge in [-0.15, -0.1) is 0 Å². The largest absolute Gasteiger partial charge is 0.298 e. The van der Waals surface area contributed by atoms with E-state index in [4.69, 9.17) is 0 Å². The highest BCUT2D eigenvalue weighted by Crippen LogP contribution is 2.17. The normalized spacial score (nSPS) is 9.76. The van der Waals surface area contributed by atoms with Gasteiger partial charge in [-0.1, -0.05) is 48.2 Å². The Morgan fingerprint density at radius 3 is 2.57 bits per heavy atom. The van der Waals surface area contributed by atoms with Gasteiger partial charge < -0.3 is 0 Å². The van der Waals surface area contributed by atoms with Crippen molar-refractivity contribution in [1.82, 2.24) is 0 Å². The monoisotopic (exact) mass is 340 g/mol. The van der Waals surface area contributed by atoms with Gasteiger partial charge in [-0.2, -0.15) is 0 Å². The maximum absolute atomic E-state index is 10.7. The summed E-state index contributed by atoms with van der Waals surface area (Å²) in [7, 11) is 0. The second-order valence-corrected chi connectivity index (χ2v) is 5.71. The Morgan fingerprint density at radius 1 is 1.05 bits per heavy atom. The van der Waals surface area contributed by atoms with Crippen molar-refractivity contribution < 1.29 is 4.79 Å². The lowest BCUT2D eigenvalue weighted by molar-refractivity contribution is 0.112. The van der Waals surface area contributed by atoms with E-state index in [1.54, 1.807) is 12.1 Å². The molecule has 0 aliphatic rings. The van der Waals surface area contributed by atoms with Gasteiger partial charge in [0.15, 0.2) is 0 Å². The van der Waals surface area contributed by atoms with Crippen LogP contribution in [0.4, 0.5) is 0 Å². The predicted octanol–water partition coefficient (Wildman–Crippen LogP) is 5.03. The molecule has 106 valence electrons. The zero-order valence-electron chi connectivity index (χ0n) is 11.8. The van der Waals surface area contributed by atoms with E-state index in [-0.39, 0.29) is 0 Å². The molecule has 0 heterocycles. The van der Waals surface area contributed by atoms with Gasteiger partial charge in [0.2, 0.25) is 0 Å². The van der Waals surface area contributed by atoms with Gasteiger partial charge in [-0.25, -0.2) is 0 Å². The number of hydrogen-bond donors (Lipinski definition) is 0. The maximum atomic E-state index is 10.7. The van der Waals surface area contributed by atoms with Crippen molar-refractivity contribution in [3.05, 3.63) is 69.7 Å². The van der Waals surface area contributed by atoms with Crippen molar-refractivity contribution >= 4 is 22.2 Å². The first kappa shape index (κ1) is 15.5. The Bertz CT molecular complexity index is 650. The molecule has 2 aromatic rings. The van der Waals surface area contributed by atoms with E-state index in [1.807, 2.05) is 12.1 Å². The van der Waals surface area contributed by atoms with E-state index >= 15 is 0 Å². The molecule has 2 aromatic carbocycles. The summed E-state index contributed by atoms with van der Waals surface area (Å²) in [5.41, 5.74) is 2.98. The number of rotatable bonds is 5. The fraction of sp³-hybridized carbons (Fsp3) is 0.211. The third-order valence-electron chi connectivity index (χ3n) is 3.21. The molecule has 2 rings (SSSR count). The molecule has 0 atom stereocenters. The molecule has 0 saturated carbocycles. The summed E-state index contributed by atoms with van der Waals surface area (Å²) in [5.74, 6) is 6.35. The molecular formula is C19H17BrO. The summed E-state index contributed by atoms with van der Waals surface area (Å²) >= 11 is 3.44. The second kappa shape index (κ2) is 8.44. The van der Waals surface area contributed by atoms with Crippen molar-refractivity contribution in [1.29, 1.82) is 0 Å². The lowest BCUT2D eigenvalue weighted by atomic mass is 10.1. The van der Waals surface area contributed by atoms with Gasteiger partial charge >= 0.3 is 0 Å². The van der Waals surface area contributed by atoms with Crippen LogP contribution in [0.25, 0.3) is 0 Å². The van der Waals surface area contributed by atoms with E-state index in [9.17, 15) is 4.79 Å². The number of carbonyl (C=O) groups excluding carboxylic acids is 1. The zero-order chi connectivity index (χ0) is 14.9. The molecule has 0 saturated heterocycles. The summed E-state index contributed by atoms with van der Waals surface area (Å²) in [6.07, 6.45) is 5.11. The number of aryl methyl sites for hydroxylation is 1. The van der Waals surface area contributed by atoms with Crippen molar-refractivity contribution in [3.8, 4) is 11.8 Å². The predicted molar refractivity (Wildman–Crippen MR) is 90.4 cm³/mol. The minimum Gasteiger partial charge on any atom is -0.298 e. The number of hydrogen-bond acceptors (Lipinski definition) is 1. The van der Waals surface area contributed by atoms with Crippen LogP contribution in [0, 0.1) is 11.8 Å². The molecule has 1 nitrogen and oxygen atoms in total. The highest BCUT2D eigenvalue weighted by molar-refractivity contribution is 9.10. The Hall–Kier alpha value is -1.85. The number of carbonyl (C=O) groups is 1. The van der Waals surface area contributed by atoms with Gasteiger partial charge in [0.25, 0.3) is 0 Å². The average Bonchev–Trinajstić information content (AvgIpc) is 2.53. The van der Waals surface area contributed by atoms with Crippen molar-refractivity contribution in [2.75, 3.05) is 0 Å². The van der Waals surface area contributed by atoms with Crippen LogP contribution >= 0.6 is 15.9 Å². The molecule has 0 aliphatic carbocycles. The Balaban J connectivity index is 1.78. The Kier molecular flexibility index (Phi) is 6.24. The minimum absolute atomic E-state index is 0.662. The van der Waals surface area contributed by atoms with Crippen LogP contribution in [0.2, 0.25) is 0 Å². The van der Waals surface area contributed by atoms with Crippen molar-refractivity contribution in [2.24, 2.45) is 0 Å². The molecule has 0 spiro atoms. The Morgan fingerprint density at radius 2 is 1.86 bits per heavy atom. The number of unbranched alkanes of at least 4 members (excludes halogenated alkanes) is 2. The molecule has 0 aliphatic heterocycles. The number of aldehydes is 1. The number of benzene rings is 2. The van der Waals surface area contributed by atoms with E-state index in [0.717, 1.165) is 42.0 Å². The first-order chi connectivity index (χ1) is 10.3. The van der Waals surface area contributed by atoms with Gasteiger partial charge in [0, 0.05) is 22.0 Å². The van der Waals surface area contributed by atoms with E-state index in [0.29, 0.717) is 5.56 Å². The molecule has 0 fully saturated rings. The van der Waals surface area contributed by atoms with Gasteiger partial charge in [-0.05, 0) is 52.9 Å². The first-order valence-corrected chi connectivity index (χ1v) is 7.86. The van der Waals surface area contributed by atoms with E-state index in [2.05, 4.69) is 52.0 Å². The summed E-state index contributed by atoms with van der Waals surface area (Å²) in [5, 5.41) is 0. The lowest BCUT2D eigenvalue weighted by Crippen LogP contribution is -1.85. The van der Waals surface area contributed by atoms with Gasteiger partial charge in [0.05, 0.1) is 0 Å². The molecule has 2 heteroatoms. The molecule has 0 unspecified atom stereocenters. The van der Waals surface area contributed by atoms with Crippen LogP contribution in [0.1, 0.15) is 40.7 Å². The topological polar surface area (TPSA) is 17.1 Å². The molecule has 0 N–H and O–H groups in total. The average molecular weight is 341 g/mol. The summed E-state index contributed by atoms with van der Waals surface area (Å²) < 4.78 is 0.879.